The van der Waals surface area contributed by atoms with E-state index in [0.717, 1.165) is 12.8 Å². The van der Waals surface area contributed by atoms with Crippen molar-refractivity contribution < 1.29 is 14.0 Å². The fourth-order valence-corrected chi connectivity index (χ4v) is 5.28. The largest absolute Gasteiger partial charge is 0.469 e. The van der Waals surface area contributed by atoms with Gasteiger partial charge in [0.1, 0.15) is 0 Å². The first-order valence-corrected chi connectivity index (χ1v) is 10.8. The molecule has 3 atom stereocenters. The standard InChI is InChI=1S/C16H30O3Si/c1-15(2,3)20(5,6)19-16-10-8-7-9-12(16)11-13(16)14(17)18-4/h12-13H,7-11H2,1-6H3/t12-,13+,16+/m0/s1. The Morgan fingerprint density at radius 3 is 2.40 bits per heavy atom. The summed E-state index contributed by atoms with van der Waals surface area (Å²) in [4.78, 5) is 12.1. The molecule has 0 aromatic heterocycles. The van der Waals surface area contributed by atoms with Gasteiger partial charge in [0.15, 0.2) is 8.32 Å². The molecule has 0 radical (unpaired) electrons. The summed E-state index contributed by atoms with van der Waals surface area (Å²) >= 11 is 0. The van der Waals surface area contributed by atoms with E-state index in [1.807, 2.05) is 0 Å². The molecule has 0 aromatic rings. The number of hydrogen-bond acceptors (Lipinski definition) is 3. The molecule has 0 saturated heterocycles. The minimum Gasteiger partial charge on any atom is -0.469 e. The van der Waals surface area contributed by atoms with Crippen LogP contribution in [-0.2, 0) is 14.0 Å². The molecular formula is C16H30O3Si. The molecule has 0 N–H and O–H groups in total. The van der Waals surface area contributed by atoms with Crippen LogP contribution >= 0.6 is 0 Å². The van der Waals surface area contributed by atoms with Gasteiger partial charge in [-0.2, -0.15) is 0 Å². The van der Waals surface area contributed by atoms with Crippen LogP contribution in [0.1, 0.15) is 52.9 Å². The van der Waals surface area contributed by atoms with Crippen molar-refractivity contribution >= 4 is 14.3 Å². The van der Waals surface area contributed by atoms with E-state index < -0.39 is 8.32 Å². The maximum Gasteiger partial charge on any atom is 0.311 e. The number of carbonyl (C=O) groups excluding carboxylic acids is 1. The molecule has 2 fully saturated rings. The fraction of sp³-hybridized carbons (Fsp3) is 0.938. The molecule has 0 amide bonds. The maximum atomic E-state index is 12.1. The highest BCUT2D eigenvalue weighted by Gasteiger charge is 2.62. The summed E-state index contributed by atoms with van der Waals surface area (Å²) in [5, 5.41) is 0.181. The summed E-state index contributed by atoms with van der Waals surface area (Å²) in [6.45, 7) is 11.4. The molecule has 0 spiro atoms. The Morgan fingerprint density at radius 2 is 1.90 bits per heavy atom. The average Bonchev–Trinajstić information content (AvgIpc) is 2.31. The van der Waals surface area contributed by atoms with Crippen LogP contribution in [-0.4, -0.2) is 27.0 Å². The third kappa shape index (κ3) is 2.45. The highest BCUT2D eigenvalue weighted by Crippen LogP contribution is 2.58. The number of carbonyl (C=O) groups is 1. The summed E-state index contributed by atoms with van der Waals surface area (Å²) in [7, 11) is -0.365. The van der Waals surface area contributed by atoms with E-state index in [1.165, 1.54) is 26.4 Å². The van der Waals surface area contributed by atoms with E-state index in [4.69, 9.17) is 9.16 Å². The smallest absolute Gasteiger partial charge is 0.311 e. The van der Waals surface area contributed by atoms with Crippen molar-refractivity contribution in [1.82, 2.24) is 0 Å². The lowest BCUT2D eigenvalue weighted by atomic mass is 9.55. The van der Waals surface area contributed by atoms with Crippen molar-refractivity contribution in [2.45, 2.75) is 76.6 Å². The molecule has 3 nitrogen and oxygen atoms in total. The predicted molar refractivity (Wildman–Crippen MR) is 83.1 cm³/mol. The summed E-state index contributed by atoms with van der Waals surface area (Å²) in [6, 6.07) is 0. The summed E-state index contributed by atoms with van der Waals surface area (Å²) in [5.74, 6) is 0.461. The molecule has 2 aliphatic rings. The third-order valence-electron chi connectivity index (χ3n) is 5.91. The zero-order chi connectivity index (χ0) is 15.2. The maximum absolute atomic E-state index is 12.1. The number of methoxy groups -OCH3 is 1. The quantitative estimate of drug-likeness (QED) is 0.580. The first kappa shape index (κ1) is 16.0. The molecule has 20 heavy (non-hydrogen) atoms. The zero-order valence-corrected chi connectivity index (χ0v) is 14.9. The van der Waals surface area contributed by atoms with Crippen molar-refractivity contribution in [1.29, 1.82) is 0 Å². The highest BCUT2D eigenvalue weighted by atomic mass is 28.4. The van der Waals surface area contributed by atoms with Gasteiger partial charge in [0.2, 0.25) is 0 Å². The molecule has 2 rings (SSSR count). The molecule has 0 aromatic carbocycles. The van der Waals surface area contributed by atoms with E-state index in [-0.39, 0.29) is 22.5 Å². The second-order valence-electron chi connectivity index (χ2n) is 8.07. The summed E-state index contributed by atoms with van der Waals surface area (Å²) in [5.41, 5.74) is -0.214. The van der Waals surface area contributed by atoms with E-state index in [9.17, 15) is 4.79 Å². The lowest BCUT2D eigenvalue weighted by Crippen LogP contribution is -2.66. The molecule has 0 heterocycles. The van der Waals surface area contributed by atoms with Gasteiger partial charge in [0, 0.05) is 0 Å². The van der Waals surface area contributed by atoms with E-state index in [1.54, 1.807) is 0 Å². The van der Waals surface area contributed by atoms with Crippen LogP contribution in [0.5, 0.6) is 0 Å². The highest BCUT2D eigenvalue weighted by molar-refractivity contribution is 6.74. The Labute approximate surface area is 124 Å². The van der Waals surface area contributed by atoms with Crippen LogP contribution in [0, 0.1) is 11.8 Å². The van der Waals surface area contributed by atoms with Gasteiger partial charge >= 0.3 is 5.97 Å². The number of ether oxygens (including phenoxy) is 1. The van der Waals surface area contributed by atoms with Crippen molar-refractivity contribution in [3.63, 3.8) is 0 Å². The van der Waals surface area contributed by atoms with Crippen LogP contribution in [0.2, 0.25) is 18.1 Å². The van der Waals surface area contributed by atoms with Gasteiger partial charge in [0.25, 0.3) is 0 Å². The second-order valence-corrected chi connectivity index (χ2v) is 12.8. The topological polar surface area (TPSA) is 35.5 Å². The Balaban J connectivity index is 2.25. The Hall–Kier alpha value is -0.353. The normalized spacial score (nSPS) is 34.1. The van der Waals surface area contributed by atoms with Gasteiger partial charge in [-0.25, -0.2) is 0 Å². The Kier molecular flexibility index (Phi) is 4.11. The molecule has 2 aliphatic carbocycles. The molecule has 0 bridgehead atoms. The molecule has 4 heteroatoms. The van der Waals surface area contributed by atoms with Crippen LogP contribution < -0.4 is 0 Å². The van der Waals surface area contributed by atoms with Gasteiger partial charge in [0.05, 0.1) is 18.6 Å². The van der Waals surface area contributed by atoms with Crippen LogP contribution in [0.4, 0.5) is 0 Å². The Bertz CT molecular complexity index is 386. The molecule has 116 valence electrons. The van der Waals surface area contributed by atoms with Crippen molar-refractivity contribution in [3.8, 4) is 0 Å². The molecule has 0 aliphatic heterocycles. The van der Waals surface area contributed by atoms with Gasteiger partial charge in [-0.05, 0) is 43.3 Å². The van der Waals surface area contributed by atoms with Crippen LogP contribution in [0.3, 0.4) is 0 Å². The van der Waals surface area contributed by atoms with Crippen molar-refractivity contribution in [3.05, 3.63) is 0 Å². The fourth-order valence-electron chi connectivity index (χ4n) is 3.61. The third-order valence-corrected chi connectivity index (χ3v) is 10.4. The average molecular weight is 298 g/mol. The first-order chi connectivity index (χ1) is 9.14. The first-order valence-electron chi connectivity index (χ1n) is 7.92. The summed E-state index contributed by atoms with van der Waals surface area (Å²) < 4.78 is 11.8. The lowest BCUT2D eigenvalue weighted by Gasteiger charge is -2.60. The van der Waals surface area contributed by atoms with Gasteiger partial charge in [-0.1, -0.05) is 33.6 Å². The van der Waals surface area contributed by atoms with Gasteiger partial charge in [-0.3, -0.25) is 4.79 Å². The van der Waals surface area contributed by atoms with Crippen LogP contribution in [0.15, 0.2) is 0 Å². The SMILES string of the molecule is COC(=O)[C@H]1C[C@@H]2CCCC[C@@]21O[Si](C)(C)C(C)(C)C. The van der Waals surface area contributed by atoms with Crippen LogP contribution in [0.25, 0.3) is 0 Å². The second kappa shape index (κ2) is 5.13. The van der Waals surface area contributed by atoms with E-state index in [0.29, 0.717) is 5.92 Å². The monoisotopic (exact) mass is 298 g/mol. The van der Waals surface area contributed by atoms with E-state index in [2.05, 4.69) is 33.9 Å². The molecule has 2 saturated carbocycles. The van der Waals surface area contributed by atoms with Crippen molar-refractivity contribution in [2.24, 2.45) is 11.8 Å². The number of hydrogen-bond donors (Lipinski definition) is 0. The van der Waals surface area contributed by atoms with E-state index >= 15 is 0 Å². The minimum atomic E-state index is -1.86. The summed E-state index contributed by atoms with van der Waals surface area (Å²) in [6.07, 6.45) is 5.66. The molecule has 0 unspecified atom stereocenters. The number of rotatable bonds is 3. The minimum absolute atomic E-state index is 0.0353. The van der Waals surface area contributed by atoms with Crippen molar-refractivity contribution in [2.75, 3.05) is 7.11 Å². The van der Waals surface area contributed by atoms with Gasteiger partial charge < -0.3 is 9.16 Å². The van der Waals surface area contributed by atoms with Gasteiger partial charge in [-0.15, -0.1) is 0 Å². The predicted octanol–water partition coefficient (Wildman–Crippen LogP) is 4.13. The number of esters is 1. The zero-order valence-electron chi connectivity index (χ0n) is 13.9. The Morgan fingerprint density at radius 1 is 1.25 bits per heavy atom. The number of fused-ring (bicyclic) bond motifs is 1. The molecular weight excluding hydrogens is 268 g/mol. The lowest BCUT2D eigenvalue weighted by molar-refractivity contribution is -0.192.